The molecule has 6 heteroatoms. The van der Waals surface area contributed by atoms with Crippen molar-refractivity contribution in [2.24, 2.45) is 17.3 Å². The molecule has 204 valence electrons. The van der Waals surface area contributed by atoms with Crippen LogP contribution in [0.4, 0.5) is 0 Å². The number of fused-ring (bicyclic) bond motifs is 4. The number of aliphatic hydroxyl groups excluding tert-OH is 1. The molecule has 5 aliphatic rings. The van der Waals surface area contributed by atoms with E-state index in [1.54, 1.807) is 13.0 Å². The number of carbonyl (C=O) groups excluding carboxylic acids is 1. The first-order valence-electron chi connectivity index (χ1n) is 13.6. The lowest BCUT2D eigenvalue weighted by atomic mass is 9.45. The lowest BCUT2D eigenvalue weighted by Gasteiger charge is -2.64. The second-order valence-electron chi connectivity index (χ2n) is 12.6. The van der Waals surface area contributed by atoms with Gasteiger partial charge in [-0.15, -0.1) is 0 Å². The highest BCUT2D eigenvalue weighted by Gasteiger charge is 2.87. The van der Waals surface area contributed by atoms with Crippen molar-refractivity contribution in [3.63, 3.8) is 0 Å². The molecule has 2 heterocycles. The molecular weight excluding hydrogens is 480 g/mol. The van der Waals surface area contributed by atoms with Crippen LogP contribution in [0.25, 0.3) is 0 Å². The molecule has 0 bridgehead atoms. The van der Waals surface area contributed by atoms with E-state index in [4.69, 9.17) is 9.47 Å². The van der Waals surface area contributed by atoms with Crippen LogP contribution in [0.3, 0.4) is 0 Å². The van der Waals surface area contributed by atoms with Gasteiger partial charge in [-0.3, -0.25) is 4.79 Å². The van der Waals surface area contributed by atoms with Crippen LogP contribution in [-0.2, 0) is 14.3 Å². The van der Waals surface area contributed by atoms with Gasteiger partial charge in [-0.05, 0) is 71.6 Å². The van der Waals surface area contributed by atoms with E-state index >= 15 is 0 Å². The molecule has 0 amide bonds. The first-order valence-corrected chi connectivity index (χ1v) is 13.6. The van der Waals surface area contributed by atoms with Gasteiger partial charge in [0, 0.05) is 24.7 Å². The maximum Gasteiger partial charge on any atom is 0.217 e. The molecule has 0 aromatic carbocycles. The summed E-state index contributed by atoms with van der Waals surface area (Å²) in [6, 6.07) is 0. The van der Waals surface area contributed by atoms with Crippen LogP contribution in [0.2, 0.25) is 0 Å². The predicted molar refractivity (Wildman–Crippen MR) is 145 cm³/mol. The Labute approximate surface area is 225 Å². The molecule has 6 nitrogen and oxygen atoms in total. The Morgan fingerprint density at radius 1 is 1.13 bits per heavy atom. The third-order valence-electron chi connectivity index (χ3n) is 9.07. The summed E-state index contributed by atoms with van der Waals surface area (Å²) in [5.41, 5.74) is 0.191. The maximum atomic E-state index is 13.1. The van der Waals surface area contributed by atoms with Gasteiger partial charge in [-0.25, -0.2) is 0 Å². The second-order valence-corrected chi connectivity index (χ2v) is 12.6. The first-order chi connectivity index (χ1) is 17.7. The van der Waals surface area contributed by atoms with E-state index in [1.165, 1.54) is 0 Å². The fourth-order valence-corrected chi connectivity index (χ4v) is 7.31. The van der Waals surface area contributed by atoms with Crippen LogP contribution < -0.4 is 0 Å². The lowest BCUT2D eigenvalue weighted by molar-refractivity contribution is -0.368. The predicted octanol–water partition coefficient (Wildman–Crippen LogP) is 4.08. The molecule has 0 radical (unpaired) electrons. The molecule has 3 N–H and O–H groups in total. The number of epoxide rings is 1. The van der Waals surface area contributed by atoms with Crippen LogP contribution in [0.1, 0.15) is 67.2 Å². The van der Waals surface area contributed by atoms with Crippen molar-refractivity contribution < 1.29 is 29.6 Å². The SMILES string of the molecule is C=C(C)C#C[C@@]12[C@@H]3C=C(C)C[C@@H]1[C@@H](O)[C@@H]1O[C@]1(CC=C(C)C)[C@]2(O)O[C@@H]1C3=CC(=O)C[C@@]1(O)CC=C(C)C. The topological polar surface area (TPSA) is 99.5 Å². The third kappa shape index (κ3) is 3.71. The zero-order valence-electron chi connectivity index (χ0n) is 23.3. The number of carbonyl (C=O) groups is 1. The van der Waals surface area contributed by atoms with Crippen molar-refractivity contribution in [2.75, 3.05) is 0 Å². The van der Waals surface area contributed by atoms with E-state index in [0.29, 0.717) is 24.0 Å². The Bertz CT molecular complexity index is 1270. The summed E-state index contributed by atoms with van der Waals surface area (Å²) in [7, 11) is 0. The smallest absolute Gasteiger partial charge is 0.217 e. The maximum absolute atomic E-state index is 13.1. The van der Waals surface area contributed by atoms with Crippen molar-refractivity contribution in [2.45, 2.75) is 103 Å². The van der Waals surface area contributed by atoms with E-state index in [1.807, 2.05) is 52.8 Å². The molecule has 3 fully saturated rings. The Morgan fingerprint density at radius 2 is 1.79 bits per heavy atom. The molecule has 0 aromatic rings. The summed E-state index contributed by atoms with van der Waals surface area (Å²) in [5, 5.41) is 36.6. The highest BCUT2D eigenvalue weighted by Crippen LogP contribution is 2.72. The molecule has 9 atom stereocenters. The summed E-state index contributed by atoms with van der Waals surface area (Å²) in [6.45, 7) is 15.6. The zero-order chi connectivity index (χ0) is 27.8. The molecule has 2 aliphatic heterocycles. The van der Waals surface area contributed by atoms with E-state index in [9.17, 15) is 20.1 Å². The average Bonchev–Trinajstić information content (AvgIpc) is 3.57. The van der Waals surface area contributed by atoms with Crippen LogP contribution in [0, 0.1) is 29.1 Å². The van der Waals surface area contributed by atoms with E-state index < -0.39 is 52.6 Å². The third-order valence-corrected chi connectivity index (χ3v) is 9.07. The number of ether oxygens (including phenoxy) is 2. The van der Waals surface area contributed by atoms with Gasteiger partial charge in [0.1, 0.15) is 23.2 Å². The highest BCUT2D eigenvalue weighted by atomic mass is 16.7. The highest BCUT2D eigenvalue weighted by molar-refractivity contribution is 5.93. The fraction of sp³-hybridized carbons (Fsp3) is 0.594. The number of ketones is 1. The van der Waals surface area contributed by atoms with E-state index in [2.05, 4.69) is 18.4 Å². The molecule has 3 aliphatic carbocycles. The Morgan fingerprint density at radius 3 is 2.42 bits per heavy atom. The van der Waals surface area contributed by atoms with Crippen molar-refractivity contribution in [3.05, 3.63) is 58.7 Å². The standard InChI is InChI=1S/C32H40O6/c1-18(2)8-11-29(35)17-22(33)16-23-24-14-21(7)15-25-26(34)28-31(37-28,13-10-20(5)6)32(36,38-27(23)29)30(24,25)12-9-19(3)4/h8,10,14,16,24-28,34-36H,3,11,13,15,17H2,1-2,4-7H3/t24-,25-,26-,27-,28+,29+,30-,31+,32-/m1/s1. The molecule has 5 rings (SSSR count). The monoisotopic (exact) mass is 520 g/mol. The van der Waals surface area contributed by atoms with Crippen LogP contribution in [0.15, 0.2) is 58.7 Å². The number of rotatable bonds is 4. The van der Waals surface area contributed by atoms with Crippen LogP contribution in [0.5, 0.6) is 0 Å². The summed E-state index contributed by atoms with van der Waals surface area (Å²) < 4.78 is 13.0. The van der Waals surface area contributed by atoms with Gasteiger partial charge in [0.25, 0.3) is 0 Å². The zero-order valence-corrected chi connectivity index (χ0v) is 23.3. The lowest BCUT2D eigenvalue weighted by Crippen LogP contribution is -2.77. The van der Waals surface area contributed by atoms with Crippen molar-refractivity contribution >= 4 is 5.78 Å². The molecule has 0 spiro atoms. The van der Waals surface area contributed by atoms with Crippen LogP contribution in [-0.4, -0.2) is 56.4 Å². The summed E-state index contributed by atoms with van der Waals surface area (Å²) in [5.74, 6) is 3.22. The van der Waals surface area contributed by atoms with Gasteiger partial charge in [-0.2, -0.15) is 0 Å². The largest absolute Gasteiger partial charge is 0.390 e. The normalized spacial score (nSPS) is 44.1. The van der Waals surface area contributed by atoms with Crippen LogP contribution >= 0.6 is 0 Å². The molecule has 2 saturated heterocycles. The summed E-state index contributed by atoms with van der Waals surface area (Å²) in [6.07, 6.45) is 5.93. The second kappa shape index (κ2) is 8.87. The van der Waals surface area contributed by atoms with Crippen molar-refractivity contribution in [1.82, 2.24) is 0 Å². The average molecular weight is 521 g/mol. The molecule has 0 unspecified atom stereocenters. The van der Waals surface area contributed by atoms with Gasteiger partial charge < -0.3 is 24.8 Å². The van der Waals surface area contributed by atoms with E-state index in [-0.39, 0.29) is 18.6 Å². The molecule has 1 saturated carbocycles. The molecule has 0 aromatic heterocycles. The minimum Gasteiger partial charge on any atom is -0.390 e. The number of aliphatic hydroxyl groups is 3. The van der Waals surface area contributed by atoms with E-state index in [0.717, 1.165) is 16.7 Å². The van der Waals surface area contributed by atoms with Gasteiger partial charge in [0.15, 0.2) is 11.4 Å². The minimum atomic E-state index is -1.97. The molecular formula is C32H40O6. The van der Waals surface area contributed by atoms with Gasteiger partial charge in [0.2, 0.25) is 5.79 Å². The van der Waals surface area contributed by atoms with Gasteiger partial charge >= 0.3 is 0 Å². The van der Waals surface area contributed by atoms with Crippen molar-refractivity contribution in [1.29, 1.82) is 0 Å². The number of allylic oxidation sites excluding steroid dienone is 6. The quantitative estimate of drug-likeness (QED) is 0.294. The summed E-state index contributed by atoms with van der Waals surface area (Å²) >= 11 is 0. The fourth-order valence-electron chi connectivity index (χ4n) is 7.31. The van der Waals surface area contributed by atoms with Gasteiger partial charge in [-0.1, -0.05) is 53.4 Å². The Kier molecular flexibility index (Phi) is 6.38. The Balaban J connectivity index is 1.80. The first kappa shape index (κ1) is 27.3. The minimum absolute atomic E-state index is 0.113. The van der Waals surface area contributed by atoms with Crippen molar-refractivity contribution in [3.8, 4) is 11.8 Å². The summed E-state index contributed by atoms with van der Waals surface area (Å²) in [4.78, 5) is 13.1. The number of hydrogen-bond acceptors (Lipinski definition) is 6. The molecule has 38 heavy (non-hydrogen) atoms. The Hall–Kier alpha value is -2.27. The number of hydrogen-bond donors (Lipinski definition) is 3. The van der Waals surface area contributed by atoms with Gasteiger partial charge in [0.05, 0.1) is 6.10 Å².